The van der Waals surface area contributed by atoms with E-state index < -0.39 is 5.41 Å². The Kier molecular flexibility index (Phi) is 7.02. The van der Waals surface area contributed by atoms with Gasteiger partial charge in [0.05, 0.1) is 22.1 Å². The van der Waals surface area contributed by atoms with Crippen molar-refractivity contribution in [1.29, 1.82) is 0 Å². The lowest BCUT2D eigenvalue weighted by Gasteiger charge is -2.44. The summed E-state index contributed by atoms with van der Waals surface area (Å²) in [6.07, 6.45) is 10.4. The van der Waals surface area contributed by atoms with Crippen molar-refractivity contribution in [2.24, 2.45) is 0 Å². The monoisotopic (exact) mass is 866 g/mol. The Morgan fingerprint density at radius 3 is 1.74 bits per heavy atom. The first-order valence-electron chi connectivity index (χ1n) is 25.5. The Labute approximate surface area is 396 Å². The highest BCUT2D eigenvalue weighted by atomic mass is 15.1. The summed E-state index contributed by atoms with van der Waals surface area (Å²) in [6, 6.07) is 69.3. The van der Waals surface area contributed by atoms with E-state index in [9.17, 15) is 0 Å². The third-order valence-electron chi connectivity index (χ3n) is 18.1. The highest BCUT2D eigenvalue weighted by molar-refractivity contribution is 7.00. The maximum atomic E-state index is 2.83. The molecule has 2 nitrogen and oxygen atoms in total. The van der Waals surface area contributed by atoms with Crippen LogP contribution in [0.1, 0.15) is 96.6 Å². The average Bonchev–Trinajstić information content (AvgIpc) is 4.27. The van der Waals surface area contributed by atoms with Gasteiger partial charge in [-0.2, -0.15) is 0 Å². The lowest BCUT2D eigenvalue weighted by molar-refractivity contribution is 0.710. The largest absolute Gasteiger partial charge is 0.310 e. The lowest BCUT2D eigenvalue weighted by atomic mass is 9.33. The van der Waals surface area contributed by atoms with Gasteiger partial charge in [-0.3, -0.25) is 0 Å². The zero-order valence-corrected chi connectivity index (χ0v) is 38.0. The van der Waals surface area contributed by atoms with Gasteiger partial charge in [-0.15, -0.1) is 0 Å². The van der Waals surface area contributed by atoms with Gasteiger partial charge in [0.15, 0.2) is 0 Å². The lowest BCUT2D eigenvalue weighted by Crippen LogP contribution is -2.60. The molecule has 3 aliphatic carbocycles. The van der Waals surface area contributed by atoms with Crippen molar-refractivity contribution in [1.82, 2.24) is 9.13 Å². The Hall–Kier alpha value is -7.36. The summed E-state index contributed by atoms with van der Waals surface area (Å²) in [5.41, 5.74) is 27.5. The average molecular weight is 867 g/mol. The smallest absolute Gasteiger partial charge is 0.252 e. The number of nitrogens with zero attached hydrogens (tertiary/aromatic N) is 2. The second-order valence-electron chi connectivity index (χ2n) is 21.1. The zero-order chi connectivity index (χ0) is 44.0. The molecule has 0 saturated heterocycles. The Bertz CT molecular complexity index is 4000. The molecule has 1 spiro atoms. The minimum atomic E-state index is -0.488. The third-order valence-corrected chi connectivity index (χ3v) is 18.1. The minimum absolute atomic E-state index is 0.0437. The van der Waals surface area contributed by atoms with Crippen molar-refractivity contribution in [3.8, 4) is 44.9 Å². The van der Waals surface area contributed by atoms with E-state index in [1.165, 1.54) is 178 Å². The third kappa shape index (κ3) is 4.31. The number of hydrogen-bond acceptors (Lipinski definition) is 0. The van der Waals surface area contributed by atoms with Gasteiger partial charge in [-0.05, 0) is 139 Å². The quantitative estimate of drug-likeness (QED) is 0.156. The normalized spacial score (nSPS) is 16.9. The van der Waals surface area contributed by atoms with Crippen LogP contribution in [0, 0.1) is 0 Å². The van der Waals surface area contributed by atoms with Crippen molar-refractivity contribution in [2.75, 3.05) is 0 Å². The molecule has 320 valence electrons. The first-order valence-corrected chi connectivity index (χ1v) is 25.5. The van der Waals surface area contributed by atoms with E-state index in [1.807, 2.05) is 0 Å². The summed E-state index contributed by atoms with van der Waals surface area (Å²) in [6.45, 7) is 0.0437. The molecule has 0 atom stereocenters. The minimum Gasteiger partial charge on any atom is -0.310 e. The number of rotatable bonds is 4. The van der Waals surface area contributed by atoms with Crippen molar-refractivity contribution >= 4 is 66.6 Å². The van der Waals surface area contributed by atoms with Crippen LogP contribution in [0.5, 0.6) is 0 Å². The molecule has 0 amide bonds. The fourth-order valence-electron chi connectivity index (χ4n) is 15.5. The zero-order valence-electron chi connectivity index (χ0n) is 38.0. The second kappa shape index (κ2) is 13.0. The van der Waals surface area contributed by atoms with E-state index in [1.54, 1.807) is 11.1 Å². The van der Waals surface area contributed by atoms with E-state index in [-0.39, 0.29) is 6.71 Å². The molecule has 5 heterocycles. The molecule has 9 aromatic carbocycles. The van der Waals surface area contributed by atoms with Gasteiger partial charge in [-0.25, -0.2) is 0 Å². The standard InChI is InChI=1S/C65H47BN2/c1-3-21-40(22-4-1)57-58-45-26-12-11-25-42(45)36-55-64(58)67(60(57)41-23-5-2-6-24-41)56-32-31-52-63-59(56)66(55)54-37-44(39-19-9-10-20-39)34-49-48-33-43(38-17-7-8-18-38)35-53(61(48)68(63)62(49)54)65(52)50-29-15-13-27-46(50)47-28-14-16-30-51(47)65/h1-6,11-16,21-39H,7-10,17-20H2. The van der Waals surface area contributed by atoms with Crippen molar-refractivity contribution in [3.05, 3.63) is 209 Å². The first-order chi connectivity index (χ1) is 33.8. The fraction of sp³-hybridized carbons (Fsp3) is 0.169. The van der Waals surface area contributed by atoms with E-state index >= 15 is 0 Å². The molecule has 0 N–H and O–H groups in total. The summed E-state index contributed by atoms with van der Waals surface area (Å²) in [7, 11) is 0. The summed E-state index contributed by atoms with van der Waals surface area (Å²) in [5, 5.41) is 6.92. The summed E-state index contributed by atoms with van der Waals surface area (Å²) >= 11 is 0. The Balaban J connectivity index is 1.13. The molecule has 0 unspecified atom stereocenters. The van der Waals surface area contributed by atoms with Gasteiger partial charge in [0.25, 0.3) is 6.71 Å². The molecule has 6 aliphatic rings. The van der Waals surface area contributed by atoms with Crippen LogP contribution in [0.3, 0.4) is 0 Å². The highest BCUT2D eigenvalue weighted by Gasteiger charge is 2.55. The van der Waals surface area contributed by atoms with Crippen LogP contribution >= 0.6 is 0 Å². The second-order valence-corrected chi connectivity index (χ2v) is 21.1. The summed E-state index contributed by atoms with van der Waals surface area (Å²) in [5.74, 6) is 1.17. The molecule has 0 radical (unpaired) electrons. The van der Waals surface area contributed by atoms with Crippen LogP contribution in [0.4, 0.5) is 0 Å². The molecule has 0 bridgehead atoms. The first kappa shape index (κ1) is 36.7. The summed E-state index contributed by atoms with van der Waals surface area (Å²) in [4.78, 5) is 0. The predicted molar refractivity (Wildman–Crippen MR) is 284 cm³/mol. The van der Waals surface area contributed by atoms with Crippen LogP contribution in [0.2, 0.25) is 0 Å². The van der Waals surface area contributed by atoms with Crippen LogP contribution in [0.15, 0.2) is 176 Å². The molecular formula is C65H47BN2. The van der Waals surface area contributed by atoms with Gasteiger partial charge in [-0.1, -0.05) is 183 Å². The molecule has 3 aliphatic heterocycles. The highest BCUT2D eigenvalue weighted by Crippen LogP contribution is 2.62. The van der Waals surface area contributed by atoms with Gasteiger partial charge in [0.1, 0.15) is 0 Å². The van der Waals surface area contributed by atoms with Crippen LogP contribution in [-0.4, -0.2) is 15.8 Å². The van der Waals surface area contributed by atoms with Crippen LogP contribution in [-0.2, 0) is 5.41 Å². The molecule has 11 aromatic rings. The molecule has 68 heavy (non-hydrogen) atoms. The molecule has 3 heteroatoms. The Morgan fingerprint density at radius 1 is 0.441 bits per heavy atom. The Morgan fingerprint density at radius 2 is 1.03 bits per heavy atom. The van der Waals surface area contributed by atoms with Gasteiger partial charge in [0.2, 0.25) is 0 Å². The molecule has 2 saturated carbocycles. The van der Waals surface area contributed by atoms with E-state index in [4.69, 9.17) is 0 Å². The van der Waals surface area contributed by atoms with Crippen molar-refractivity contribution in [2.45, 2.75) is 68.6 Å². The maximum absolute atomic E-state index is 2.83. The molecule has 2 fully saturated rings. The maximum Gasteiger partial charge on any atom is 0.252 e. The van der Waals surface area contributed by atoms with Gasteiger partial charge < -0.3 is 9.13 Å². The number of fused-ring (bicyclic) bond motifs is 13. The van der Waals surface area contributed by atoms with E-state index in [0.717, 1.165) is 0 Å². The predicted octanol–water partition coefficient (Wildman–Crippen LogP) is 14.3. The van der Waals surface area contributed by atoms with E-state index in [0.29, 0.717) is 11.8 Å². The molecule has 2 aromatic heterocycles. The summed E-state index contributed by atoms with van der Waals surface area (Å²) < 4.78 is 5.56. The van der Waals surface area contributed by atoms with Crippen LogP contribution < -0.4 is 16.4 Å². The SMILES string of the molecule is c1ccc(-c2c(-c3ccccc3)n3c4c(cc5ccccc5c24)B2c4c-3ccc3c4-n4c5c2cc(C2CCCC2)cc5c2cc(C5CCCC5)cc(c24)C32c3ccccc3-c3ccccc32)cc1. The number of aromatic nitrogens is 2. The van der Waals surface area contributed by atoms with Gasteiger partial charge >= 0.3 is 0 Å². The van der Waals surface area contributed by atoms with E-state index in [2.05, 4.69) is 185 Å². The number of benzene rings is 9. The number of hydrogen-bond donors (Lipinski definition) is 0. The van der Waals surface area contributed by atoms with Crippen molar-refractivity contribution in [3.63, 3.8) is 0 Å². The van der Waals surface area contributed by atoms with Gasteiger partial charge in [0, 0.05) is 38.6 Å². The topological polar surface area (TPSA) is 9.86 Å². The molecule has 17 rings (SSSR count). The van der Waals surface area contributed by atoms with Crippen molar-refractivity contribution < 1.29 is 0 Å². The van der Waals surface area contributed by atoms with Crippen LogP contribution in [0.25, 0.3) is 88.4 Å². The fourth-order valence-corrected chi connectivity index (χ4v) is 15.5. The molecular weight excluding hydrogens is 820 g/mol.